The number of para-hydroxylation sites is 1. The lowest BCUT2D eigenvalue weighted by Crippen LogP contribution is -2.14. The van der Waals surface area contributed by atoms with Crippen molar-refractivity contribution in [2.45, 2.75) is 12.1 Å². The van der Waals surface area contributed by atoms with Gasteiger partial charge >= 0.3 is 0 Å². The Hall–Kier alpha value is -2.91. The van der Waals surface area contributed by atoms with E-state index in [2.05, 4.69) is 20.8 Å². The van der Waals surface area contributed by atoms with Gasteiger partial charge in [-0.2, -0.15) is 0 Å². The summed E-state index contributed by atoms with van der Waals surface area (Å²) in [4.78, 5) is 24.3. The molecule has 2 heterocycles. The molecule has 0 aliphatic rings. The topological polar surface area (TPSA) is 88.4 Å². The maximum atomic E-state index is 12.3. The minimum atomic E-state index is -0.159. The summed E-state index contributed by atoms with van der Waals surface area (Å²) in [7, 11) is 0. The minimum absolute atomic E-state index is 0.156. The number of thiazole rings is 1. The van der Waals surface area contributed by atoms with Gasteiger partial charge in [-0.15, -0.1) is 10.2 Å². The van der Waals surface area contributed by atoms with Gasteiger partial charge in [0.25, 0.3) is 0 Å². The summed E-state index contributed by atoms with van der Waals surface area (Å²) >= 11 is 2.90. The standard InChI is InChI=1S/C18H15N5O2S2/c1-11(24)19-12-5-4-6-13(9-12)20-16(25)10-26-17-21-22-18-23(17)14-7-2-3-8-15(14)27-18/h2-9H,10H2,1H3,(H,19,24)(H,20,25). The van der Waals surface area contributed by atoms with E-state index in [-0.39, 0.29) is 17.6 Å². The first-order chi connectivity index (χ1) is 13.1. The van der Waals surface area contributed by atoms with Crippen LogP contribution in [0.1, 0.15) is 6.92 Å². The van der Waals surface area contributed by atoms with E-state index >= 15 is 0 Å². The van der Waals surface area contributed by atoms with Crippen LogP contribution in [-0.4, -0.2) is 32.2 Å². The molecule has 9 heteroatoms. The predicted octanol–water partition coefficient (Wildman–Crippen LogP) is 3.63. The van der Waals surface area contributed by atoms with E-state index in [1.807, 2.05) is 28.7 Å². The molecule has 0 aliphatic carbocycles. The predicted molar refractivity (Wildman–Crippen MR) is 108 cm³/mol. The number of carbonyl (C=O) groups excluding carboxylic acids is 2. The van der Waals surface area contributed by atoms with Crippen LogP contribution in [0.15, 0.2) is 53.7 Å². The van der Waals surface area contributed by atoms with Crippen molar-refractivity contribution in [2.75, 3.05) is 16.4 Å². The zero-order valence-electron chi connectivity index (χ0n) is 14.3. The van der Waals surface area contributed by atoms with Crippen molar-refractivity contribution < 1.29 is 9.59 Å². The quantitative estimate of drug-likeness (QED) is 0.502. The van der Waals surface area contributed by atoms with E-state index in [1.54, 1.807) is 35.6 Å². The molecule has 136 valence electrons. The number of hydrogen-bond acceptors (Lipinski definition) is 6. The van der Waals surface area contributed by atoms with Crippen LogP contribution in [0.5, 0.6) is 0 Å². The summed E-state index contributed by atoms with van der Waals surface area (Å²) in [6, 6.07) is 15.0. The molecule has 4 rings (SSSR count). The third-order valence-corrected chi connectivity index (χ3v) is 5.65. The van der Waals surface area contributed by atoms with Crippen molar-refractivity contribution in [3.05, 3.63) is 48.5 Å². The Morgan fingerprint density at radius 3 is 2.67 bits per heavy atom. The maximum absolute atomic E-state index is 12.3. The van der Waals surface area contributed by atoms with Crippen molar-refractivity contribution in [3.63, 3.8) is 0 Å². The van der Waals surface area contributed by atoms with Gasteiger partial charge in [0.1, 0.15) is 0 Å². The van der Waals surface area contributed by atoms with Gasteiger partial charge in [-0.25, -0.2) is 0 Å². The fourth-order valence-electron chi connectivity index (χ4n) is 2.65. The molecule has 2 amide bonds. The van der Waals surface area contributed by atoms with E-state index in [0.717, 1.165) is 15.2 Å². The Kier molecular flexibility index (Phi) is 4.78. The van der Waals surface area contributed by atoms with Crippen LogP contribution in [0.2, 0.25) is 0 Å². The Morgan fingerprint density at radius 2 is 1.85 bits per heavy atom. The molecule has 2 aromatic heterocycles. The number of rotatable bonds is 5. The van der Waals surface area contributed by atoms with Crippen LogP contribution in [0.3, 0.4) is 0 Å². The summed E-state index contributed by atoms with van der Waals surface area (Å²) in [6.45, 7) is 1.44. The molecular weight excluding hydrogens is 382 g/mol. The molecule has 0 fully saturated rings. The molecule has 0 unspecified atom stereocenters. The number of amides is 2. The average Bonchev–Trinajstić information content (AvgIpc) is 3.19. The summed E-state index contributed by atoms with van der Waals surface area (Å²) in [6.07, 6.45) is 0. The van der Waals surface area contributed by atoms with Crippen molar-refractivity contribution in [2.24, 2.45) is 0 Å². The Morgan fingerprint density at radius 1 is 1.07 bits per heavy atom. The third kappa shape index (κ3) is 3.79. The van der Waals surface area contributed by atoms with E-state index in [9.17, 15) is 9.59 Å². The molecule has 0 saturated carbocycles. The second-order valence-corrected chi connectivity index (χ2v) is 7.72. The van der Waals surface area contributed by atoms with E-state index in [0.29, 0.717) is 16.5 Å². The van der Waals surface area contributed by atoms with Gasteiger partial charge in [-0.3, -0.25) is 14.0 Å². The van der Waals surface area contributed by atoms with Gasteiger partial charge in [-0.1, -0.05) is 41.3 Å². The monoisotopic (exact) mass is 397 g/mol. The highest BCUT2D eigenvalue weighted by Gasteiger charge is 2.14. The highest BCUT2D eigenvalue weighted by molar-refractivity contribution is 7.99. The van der Waals surface area contributed by atoms with E-state index < -0.39 is 0 Å². The molecule has 2 N–H and O–H groups in total. The number of carbonyl (C=O) groups is 2. The first-order valence-electron chi connectivity index (χ1n) is 8.13. The summed E-state index contributed by atoms with van der Waals surface area (Å²) in [5.41, 5.74) is 2.30. The molecule has 7 nitrogen and oxygen atoms in total. The molecular formula is C18H15N5O2S2. The van der Waals surface area contributed by atoms with Gasteiger partial charge in [0, 0.05) is 18.3 Å². The lowest BCUT2D eigenvalue weighted by Gasteiger charge is -2.07. The SMILES string of the molecule is CC(=O)Nc1cccc(NC(=O)CSc2nnc3sc4ccccc4n23)c1. The van der Waals surface area contributed by atoms with Gasteiger partial charge in [0.2, 0.25) is 16.8 Å². The van der Waals surface area contributed by atoms with E-state index in [1.165, 1.54) is 18.7 Å². The third-order valence-electron chi connectivity index (χ3n) is 3.71. The van der Waals surface area contributed by atoms with Crippen LogP contribution in [0, 0.1) is 0 Å². The number of nitrogens with one attached hydrogen (secondary N) is 2. The Labute approximate surface area is 162 Å². The number of fused-ring (bicyclic) bond motifs is 3. The van der Waals surface area contributed by atoms with Crippen LogP contribution < -0.4 is 10.6 Å². The number of nitrogens with zero attached hydrogens (tertiary/aromatic N) is 3. The first kappa shape index (κ1) is 17.5. The number of anilines is 2. The number of thioether (sulfide) groups is 1. The molecule has 0 saturated heterocycles. The summed E-state index contributed by atoms with van der Waals surface area (Å²) < 4.78 is 3.10. The fourth-order valence-corrected chi connectivity index (χ4v) is 4.42. The molecule has 0 atom stereocenters. The number of aromatic nitrogens is 3. The maximum Gasteiger partial charge on any atom is 0.234 e. The molecule has 0 radical (unpaired) electrons. The first-order valence-corrected chi connectivity index (χ1v) is 9.93. The fraction of sp³-hybridized carbons (Fsp3) is 0.111. The lowest BCUT2D eigenvalue weighted by atomic mass is 10.2. The molecule has 0 bridgehead atoms. The van der Waals surface area contributed by atoms with Gasteiger partial charge < -0.3 is 10.6 Å². The molecule has 0 aliphatic heterocycles. The highest BCUT2D eigenvalue weighted by Crippen LogP contribution is 2.29. The minimum Gasteiger partial charge on any atom is -0.326 e. The Balaban J connectivity index is 1.45. The highest BCUT2D eigenvalue weighted by atomic mass is 32.2. The molecule has 27 heavy (non-hydrogen) atoms. The molecule has 2 aromatic carbocycles. The van der Waals surface area contributed by atoms with Crippen molar-refractivity contribution in [3.8, 4) is 0 Å². The zero-order valence-corrected chi connectivity index (χ0v) is 15.9. The van der Waals surface area contributed by atoms with Gasteiger partial charge in [-0.05, 0) is 30.3 Å². The molecule has 4 aromatic rings. The Bertz CT molecular complexity index is 1150. The summed E-state index contributed by atoms with van der Waals surface area (Å²) in [5, 5.41) is 14.6. The van der Waals surface area contributed by atoms with Crippen molar-refractivity contribution in [1.29, 1.82) is 0 Å². The number of benzene rings is 2. The summed E-state index contributed by atoms with van der Waals surface area (Å²) in [5.74, 6) is -0.112. The largest absolute Gasteiger partial charge is 0.326 e. The second kappa shape index (κ2) is 7.37. The average molecular weight is 397 g/mol. The van der Waals surface area contributed by atoms with Crippen LogP contribution in [0.25, 0.3) is 15.2 Å². The van der Waals surface area contributed by atoms with Gasteiger partial charge in [0.15, 0.2) is 5.16 Å². The van der Waals surface area contributed by atoms with E-state index in [4.69, 9.17) is 0 Å². The van der Waals surface area contributed by atoms with Gasteiger partial charge in [0.05, 0.1) is 16.0 Å². The van der Waals surface area contributed by atoms with Crippen molar-refractivity contribution in [1.82, 2.24) is 14.6 Å². The van der Waals surface area contributed by atoms with Crippen LogP contribution in [0.4, 0.5) is 11.4 Å². The van der Waals surface area contributed by atoms with Crippen LogP contribution >= 0.6 is 23.1 Å². The lowest BCUT2D eigenvalue weighted by molar-refractivity contribution is -0.114. The zero-order chi connectivity index (χ0) is 18.8. The number of hydrogen-bond donors (Lipinski definition) is 2. The van der Waals surface area contributed by atoms with Crippen LogP contribution in [-0.2, 0) is 9.59 Å². The second-order valence-electron chi connectivity index (χ2n) is 5.77. The molecule has 0 spiro atoms. The normalized spacial score (nSPS) is 11.0. The smallest absolute Gasteiger partial charge is 0.234 e. The van der Waals surface area contributed by atoms with Crippen molar-refractivity contribution >= 4 is 61.5 Å².